The number of carbonyl (C=O) groups is 1. The zero-order valence-electron chi connectivity index (χ0n) is 12.4. The fraction of sp³-hybridized carbons (Fsp3) is 0.533. The van der Waals surface area contributed by atoms with E-state index in [1.165, 1.54) is 15.8 Å². The number of fused-ring (bicyclic) bond motifs is 3. The summed E-state index contributed by atoms with van der Waals surface area (Å²) in [5.41, 5.74) is 0.999. The third-order valence-electron chi connectivity index (χ3n) is 3.76. The van der Waals surface area contributed by atoms with Crippen LogP contribution in [0.4, 0.5) is 0 Å². The van der Waals surface area contributed by atoms with Crippen LogP contribution in [-0.4, -0.2) is 21.6 Å². The molecule has 0 saturated heterocycles. The summed E-state index contributed by atoms with van der Waals surface area (Å²) >= 11 is 1.60. The number of aryl methyl sites for hydroxylation is 2. The Morgan fingerprint density at radius 1 is 1.38 bits per heavy atom. The Bertz CT molecular complexity index is 760. The second-order valence-electron chi connectivity index (χ2n) is 5.66. The van der Waals surface area contributed by atoms with E-state index in [0.29, 0.717) is 5.39 Å². The van der Waals surface area contributed by atoms with Crippen molar-refractivity contribution >= 4 is 27.5 Å². The first-order chi connectivity index (χ1) is 9.99. The molecule has 0 fully saturated rings. The van der Waals surface area contributed by atoms with Crippen molar-refractivity contribution in [2.45, 2.75) is 52.2 Å². The van der Waals surface area contributed by atoms with E-state index in [1.807, 2.05) is 0 Å². The number of hydrogen-bond acceptors (Lipinski definition) is 5. The summed E-state index contributed by atoms with van der Waals surface area (Å²) in [5.74, 6) is -0.403. The van der Waals surface area contributed by atoms with Gasteiger partial charge in [0.15, 0.2) is 0 Å². The summed E-state index contributed by atoms with van der Waals surface area (Å²) in [6.45, 7) is 5.26. The van der Waals surface area contributed by atoms with E-state index in [4.69, 9.17) is 4.74 Å². The summed E-state index contributed by atoms with van der Waals surface area (Å²) in [7, 11) is 0. The molecule has 1 atom stereocenters. The Labute approximate surface area is 126 Å². The van der Waals surface area contributed by atoms with Gasteiger partial charge < -0.3 is 4.74 Å². The molecule has 0 saturated carbocycles. The molecule has 3 rings (SSSR count). The molecular formula is C15H18N2O3S. The first-order valence-corrected chi connectivity index (χ1v) is 8.02. The molecule has 1 aliphatic rings. The van der Waals surface area contributed by atoms with Crippen LogP contribution in [0.15, 0.2) is 11.1 Å². The molecule has 0 amide bonds. The largest absolute Gasteiger partial charge is 0.461 e. The van der Waals surface area contributed by atoms with Crippen molar-refractivity contribution in [3.05, 3.63) is 27.1 Å². The van der Waals surface area contributed by atoms with Gasteiger partial charge in [-0.15, -0.1) is 11.3 Å². The number of esters is 1. The summed E-state index contributed by atoms with van der Waals surface area (Å²) in [5, 5.41) is 0.694. The number of nitrogens with zero attached hydrogens (tertiary/aromatic N) is 2. The average molecular weight is 306 g/mol. The second-order valence-corrected chi connectivity index (χ2v) is 6.74. The lowest BCUT2D eigenvalue weighted by atomic mass is 10.2. The van der Waals surface area contributed by atoms with Crippen molar-refractivity contribution in [3.8, 4) is 0 Å². The topological polar surface area (TPSA) is 61.2 Å². The highest BCUT2D eigenvalue weighted by Gasteiger charge is 2.24. The Kier molecular flexibility index (Phi) is 3.57. The molecule has 0 N–H and O–H groups in total. The van der Waals surface area contributed by atoms with Gasteiger partial charge in [0, 0.05) is 4.88 Å². The summed E-state index contributed by atoms with van der Waals surface area (Å²) in [6.07, 6.45) is 4.32. The van der Waals surface area contributed by atoms with Crippen LogP contribution in [0.1, 0.15) is 43.7 Å². The first kappa shape index (κ1) is 14.3. The quantitative estimate of drug-likeness (QED) is 0.817. The van der Waals surface area contributed by atoms with Crippen LogP contribution < -0.4 is 5.56 Å². The summed E-state index contributed by atoms with van der Waals surface area (Å²) < 4.78 is 6.57. The highest BCUT2D eigenvalue weighted by molar-refractivity contribution is 7.18. The molecule has 0 radical (unpaired) electrons. The van der Waals surface area contributed by atoms with E-state index in [-0.39, 0.29) is 11.7 Å². The van der Waals surface area contributed by atoms with Crippen LogP contribution in [0.5, 0.6) is 0 Å². The normalized spacial score (nSPS) is 15.4. The predicted octanol–water partition coefficient (Wildman–Crippen LogP) is 2.46. The van der Waals surface area contributed by atoms with Crippen molar-refractivity contribution in [2.75, 3.05) is 0 Å². The third kappa shape index (κ3) is 2.37. The SMILES string of the molecule is CC(C)OC(=O)[C@@H](C)n1cnc2sc3c(c2c1=O)CCC3. The number of hydrogen-bond donors (Lipinski definition) is 0. The maximum Gasteiger partial charge on any atom is 0.329 e. The van der Waals surface area contributed by atoms with Gasteiger partial charge in [0.05, 0.1) is 17.8 Å². The Morgan fingerprint density at radius 3 is 2.86 bits per heavy atom. The molecular weight excluding hydrogens is 288 g/mol. The van der Waals surface area contributed by atoms with Crippen molar-refractivity contribution in [1.29, 1.82) is 0 Å². The molecule has 21 heavy (non-hydrogen) atoms. The second kappa shape index (κ2) is 5.26. The average Bonchev–Trinajstić information content (AvgIpc) is 2.97. The van der Waals surface area contributed by atoms with E-state index >= 15 is 0 Å². The maximum absolute atomic E-state index is 12.7. The van der Waals surface area contributed by atoms with Crippen LogP contribution in [0.3, 0.4) is 0 Å². The van der Waals surface area contributed by atoms with Crippen LogP contribution in [-0.2, 0) is 22.4 Å². The lowest BCUT2D eigenvalue weighted by molar-refractivity contribution is -0.151. The van der Waals surface area contributed by atoms with E-state index in [2.05, 4.69) is 4.98 Å². The monoisotopic (exact) mass is 306 g/mol. The minimum absolute atomic E-state index is 0.132. The fourth-order valence-electron chi connectivity index (χ4n) is 2.72. The lowest BCUT2D eigenvalue weighted by Crippen LogP contribution is -2.30. The van der Waals surface area contributed by atoms with Gasteiger partial charge in [-0.05, 0) is 45.6 Å². The van der Waals surface area contributed by atoms with Crippen molar-refractivity contribution in [2.24, 2.45) is 0 Å². The molecule has 0 aliphatic heterocycles. The van der Waals surface area contributed by atoms with Crippen LogP contribution in [0.2, 0.25) is 0 Å². The highest BCUT2D eigenvalue weighted by atomic mass is 32.1. The number of ether oxygens (including phenoxy) is 1. The molecule has 6 heteroatoms. The van der Waals surface area contributed by atoms with Crippen LogP contribution in [0, 0.1) is 0 Å². The van der Waals surface area contributed by atoms with E-state index in [9.17, 15) is 9.59 Å². The van der Waals surface area contributed by atoms with Gasteiger partial charge >= 0.3 is 5.97 Å². The van der Waals surface area contributed by atoms with Gasteiger partial charge in [0.1, 0.15) is 10.9 Å². The number of carbonyl (C=O) groups excluding carboxylic acids is 1. The molecule has 2 aromatic heterocycles. The van der Waals surface area contributed by atoms with Gasteiger partial charge in [-0.1, -0.05) is 0 Å². The summed E-state index contributed by atoms with van der Waals surface area (Å²) in [6, 6.07) is -0.659. The molecule has 2 heterocycles. The van der Waals surface area contributed by atoms with Crippen molar-refractivity contribution in [3.63, 3.8) is 0 Å². The lowest BCUT2D eigenvalue weighted by Gasteiger charge is -2.15. The zero-order chi connectivity index (χ0) is 15.1. The number of rotatable bonds is 3. The Morgan fingerprint density at radius 2 is 2.14 bits per heavy atom. The van der Waals surface area contributed by atoms with E-state index in [1.54, 1.807) is 32.1 Å². The molecule has 5 nitrogen and oxygen atoms in total. The fourth-order valence-corrected chi connectivity index (χ4v) is 3.94. The van der Waals surface area contributed by atoms with Gasteiger partial charge in [-0.2, -0.15) is 0 Å². The summed E-state index contributed by atoms with van der Waals surface area (Å²) in [4.78, 5) is 31.1. The minimum atomic E-state index is -0.659. The standard InChI is InChI=1S/C15H18N2O3S/c1-8(2)20-15(19)9(3)17-7-16-13-12(14(17)18)10-5-4-6-11(10)21-13/h7-9H,4-6H2,1-3H3/t9-/m1/s1. The Balaban J connectivity index is 2.06. The highest BCUT2D eigenvalue weighted by Crippen LogP contribution is 2.34. The smallest absolute Gasteiger partial charge is 0.329 e. The van der Waals surface area contributed by atoms with Gasteiger partial charge in [0.25, 0.3) is 5.56 Å². The zero-order valence-corrected chi connectivity index (χ0v) is 13.2. The van der Waals surface area contributed by atoms with Gasteiger partial charge in [-0.3, -0.25) is 9.36 Å². The molecule has 0 bridgehead atoms. The Hall–Kier alpha value is -1.69. The maximum atomic E-state index is 12.7. The van der Waals surface area contributed by atoms with Crippen LogP contribution in [0.25, 0.3) is 10.2 Å². The molecule has 0 unspecified atom stereocenters. The van der Waals surface area contributed by atoms with Crippen LogP contribution >= 0.6 is 11.3 Å². The van der Waals surface area contributed by atoms with Crippen molar-refractivity contribution in [1.82, 2.24) is 9.55 Å². The molecule has 0 aromatic carbocycles. The predicted molar refractivity (Wildman–Crippen MR) is 81.8 cm³/mol. The number of thiophene rings is 1. The van der Waals surface area contributed by atoms with Gasteiger partial charge in [-0.25, -0.2) is 9.78 Å². The van der Waals surface area contributed by atoms with Gasteiger partial charge in [0.2, 0.25) is 0 Å². The molecule has 112 valence electrons. The van der Waals surface area contributed by atoms with Crippen molar-refractivity contribution < 1.29 is 9.53 Å². The molecule has 2 aromatic rings. The number of aromatic nitrogens is 2. The van der Waals surface area contributed by atoms with E-state index in [0.717, 1.165) is 29.7 Å². The van der Waals surface area contributed by atoms with E-state index < -0.39 is 12.0 Å². The minimum Gasteiger partial charge on any atom is -0.461 e. The first-order valence-electron chi connectivity index (χ1n) is 7.21. The third-order valence-corrected chi connectivity index (χ3v) is 4.96. The molecule has 1 aliphatic carbocycles. The molecule has 0 spiro atoms.